The summed E-state index contributed by atoms with van der Waals surface area (Å²) in [5.41, 5.74) is 2.83. The van der Waals surface area contributed by atoms with Crippen molar-refractivity contribution in [2.24, 2.45) is 0 Å². The van der Waals surface area contributed by atoms with Gasteiger partial charge in [-0.1, -0.05) is 0 Å². The maximum Gasteiger partial charge on any atom is 0.0717 e. The van der Waals surface area contributed by atoms with Gasteiger partial charge in [0.05, 0.1) is 13.2 Å². The van der Waals surface area contributed by atoms with E-state index >= 15 is 0 Å². The Morgan fingerprint density at radius 3 is 2.88 bits per heavy atom. The Kier molecular flexibility index (Phi) is 5.22. The van der Waals surface area contributed by atoms with Gasteiger partial charge in [-0.15, -0.1) is 0 Å². The van der Waals surface area contributed by atoms with Crippen LogP contribution in [0.2, 0.25) is 0 Å². The Hall–Kier alpha value is -1.13. The van der Waals surface area contributed by atoms with Crippen molar-refractivity contribution in [3.63, 3.8) is 0 Å². The molecule has 1 rings (SSSR count). The molecule has 0 atom stereocenters. The quantitative estimate of drug-likeness (QED) is 0.741. The summed E-state index contributed by atoms with van der Waals surface area (Å²) in [5.74, 6) is 0. The number of aromatic nitrogens is 1. The van der Waals surface area contributed by atoms with Crippen molar-refractivity contribution < 1.29 is 9.84 Å². The standard InChI is InChI=1S/C12H20N2O2/c1-4-16-6-5-14(3)12-7-10(2)13-8-11(12)9-15/h7-8,15H,4-6,9H2,1-3H3. The number of ether oxygens (including phenoxy) is 1. The molecule has 0 fully saturated rings. The minimum atomic E-state index is 0.0155. The van der Waals surface area contributed by atoms with Crippen LogP contribution < -0.4 is 4.90 Å². The molecule has 4 nitrogen and oxygen atoms in total. The van der Waals surface area contributed by atoms with E-state index in [0.717, 1.165) is 30.1 Å². The SMILES string of the molecule is CCOCCN(C)c1cc(C)ncc1CO. The van der Waals surface area contributed by atoms with Crippen LogP contribution in [0.15, 0.2) is 12.3 Å². The maximum absolute atomic E-state index is 9.23. The molecule has 0 amide bonds. The third kappa shape index (κ3) is 3.47. The molecule has 0 spiro atoms. The summed E-state index contributed by atoms with van der Waals surface area (Å²) in [4.78, 5) is 6.25. The molecular weight excluding hydrogens is 204 g/mol. The number of likely N-dealkylation sites (N-methyl/N-ethyl adjacent to an activating group) is 1. The average molecular weight is 224 g/mol. The number of anilines is 1. The second-order valence-corrected chi connectivity index (χ2v) is 3.73. The maximum atomic E-state index is 9.23. The number of aliphatic hydroxyl groups is 1. The molecule has 0 unspecified atom stereocenters. The summed E-state index contributed by atoms with van der Waals surface area (Å²) in [5, 5.41) is 9.23. The summed E-state index contributed by atoms with van der Waals surface area (Å²) >= 11 is 0. The smallest absolute Gasteiger partial charge is 0.0717 e. The molecule has 0 aliphatic carbocycles. The molecule has 0 bridgehead atoms. The van der Waals surface area contributed by atoms with E-state index in [4.69, 9.17) is 4.74 Å². The molecule has 0 saturated carbocycles. The van der Waals surface area contributed by atoms with Gasteiger partial charge in [0.1, 0.15) is 0 Å². The Balaban J connectivity index is 2.72. The molecular formula is C12H20N2O2. The number of nitrogens with zero attached hydrogens (tertiary/aromatic N) is 2. The van der Waals surface area contributed by atoms with Crippen LogP contribution in [0.4, 0.5) is 5.69 Å². The highest BCUT2D eigenvalue weighted by atomic mass is 16.5. The zero-order valence-corrected chi connectivity index (χ0v) is 10.2. The van der Waals surface area contributed by atoms with E-state index in [2.05, 4.69) is 9.88 Å². The first kappa shape index (κ1) is 12.9. The Morgan fingerprint density at radius 2 is 2.25 bits per heavy atom. The van der Waals surface area contributed by atoms with E-state index in [-0.39, 0.29) is 6.61 Å². The van der Waals surface area contributed by atoms with Gasteiger partial charge < -0.3 is 14.7 Å². The Labute approximate surface area is 96.9 Å². The predicted molar refractivity (Wildman–Crippen MR) is 64.7 cm³/mol. The van der Waals surface area contributed by atoms with Crippen molar-refractivity contribution in [2.45, 2.75) is 20.5 Å². The van der Waals surface area contributed by atoms with Gasteiger partial charge in [0.15, 0.2) is 0 Å². The van der Waals surface area contributed by atoms with E-state index < -0.39 is 0 Å². The van der Waals surface area contributed by atoms with Gasteiger partial charge in [0.2, 0.25) is 0 Å². The normalized spacial score (nSPS) is 10.5. The van der Waals surface area contributed by atoms with Gasteiger partial charge in [0.25, 0.3) is 0 Å². The molecule has 1 heterocycles. The fraction of sp³-hybridized carbons (Fsp3) is 0.583. The van der Waals surface area contributed by atoms with E-state index in [0.29, 0.717) is 6.61 Å². The second kappa shape index (κ2) is 6.45. The Morgan fingerprint density at radius 1 is 1.50 bits per heavy atom. The van der Waals surface area contributed by atoms with Gasteiger partial charge in [-0.2, -0.15) is 0 Å². The highest BCUT2D eigenvalue weighted by Crippen LogP contribution is 2.19. The summed E-state index contributed by atoms with van der Waals surface area (Å²) in [6.45, 7) is 6.18. The van der Waals surface area contributed by atoms with E-state index in [1.165, 1.54) is 0 Å². The van der Waals surface area contributed by atoms with Gasteiger partial charge in [-0.05, 0) is 19.9 Å². The topological polar surface area (TPSA) is 45.6 Å². The summed E-state index contributed by atoms with van der Waals surface area (Å²) in [6, 6.07) is 1.98. The van der Waals surface area contributed by atoms with E-state index in [9.17, 15) is 5.11 Å². The first-order valence-electron chi connectivity index (χ1n) is 5.54. The summed E-state index contributed by atoms with van der Waals surface area (Å²) in [6.07, 6.45) is 1.72. The second-order valence-electron chi connectivity index (χ2n) is 3.73. The van der Waals surface area contributed by atoms with Crippen molar-refractivity contribution in [1.82, 2.24) is 4.98 Å². The summed E-state index contributed by atoms with van der Waals surface area (Å²) in [7, 11) is 1.99. The number of hydrogen-bond donors (Lipinski definition) is 1. The van der Waals surface area contributed by atoms with Crippen LogP contribution in [0.25, 0.3) is 0 Å². The average Bonchev–Trinajstić information content (AvgIpc) is 2.29. The first-order chi connectivity index (χ1) is 7.69. The molecule has 1 aromatic heterocycles. The lowest BCUT2D eigenvalue weighted by Crippen LogP contribution is -2.24. The molecule has 0 saturated heterocycles. The van der Waals surface area contributed by atoms with Gasteiger partial charge in [-0.3, -0.25) is 4.98 Å². The largest absolute Gasteiger partial charge is 0.392 e. The van der Waals surface area contributed by atoms with Crippen LogP contribution >= 0.6 is 0 Å². The van der Waals surface area contributed by atoms with Crippen molar-refractivity contribution in [1.29, 1.82) is 0 Å². The number of hydrogen-bond acceptors (Lipinski definition) is 4. The lowest BCUT2D eigenvalue weighted by atomic mass is 10.2. The molecule has 4 heteroatoms. The highest BCUT2D eigenvalue weighted by molar-refractivity contribution is 5.52. The van der Waals surface area contributed by atoms with Gasteiger partial charge in [0, 0.05) is 43.3 Å². The molecule has 1 aromatic rings. The fourth-order valence-corrected chi connectivity index (χ4v) is 1.52. The van der Waals surface area contributed by atoms with Crippen LogP contribution in [-0.2, 0) is 11.3 Å². The zero-order chi connectivity index (χ0) is 12.0. The number of pyridine rings is 1. The van der Waals surface area contributed by atoms with Crippen LogP contribution in [0.1, 0.15) is 18.2 Å². The van der Waals surface area contributed by atoms with Crippen molar-refractivity contribution in [2.75, 3.05) is 31.7 Å². The molecule has 16 heavy (non-hydrogen) atoms. The predicted octanol–water partition coefficient (Wildman–Crippen LogP) is 1.36. The van der Waals surface area contributed by atoms with Crippen molar-refractivity contribution in [3.8, 4) is 0 Å². The molecule has 0 aliphatic heterocycles. The minimum absolute atomic E-state index is 0.0155. The Bertz CT molecular complexity index is 329. The monoisotopic (exact) mass is 224 g/mol. The van der Waals surface area contributed by atoms with Crippen LogP contribution in [0.5, 0.6) is 0 Å². The van der Waals surface area contributed by atoms with E-state index in [1.54, 1.807) is 6.20 Å². The zero-order valence-electron chi connectivity index (χ0n) is 10.2. The van der Waals surface area contributed by atoms with Crippen LogP contribution in [-0.4, -0.2) is 36.9 Å². The third-order valence-electron chi connectivity index (χ3n) is 2.46. The molecule has 1 N–H and O–H groups in total. The van der Waals surface area contributed by atoms with Crippen LogP contribution in [0, 0.1) is 6.92 Å². The minimum Gasteiger partial charge on any atom is -0.392 e. The number of aryl methyl sites for hydroxylation is 1. The number of rotatable bonds is 6. The van der Waals surface area contributed by atoms with Crippen molar-refractivity contribution in [3.05, 3.63) is 23.5 Å². The molecule has 0 radical (unpaired) electrons. The number of aliphatic hydroxyl groups excluding tert-OH is 1. The highest BCUT2D eigenvalue weighted by Gasteiger charge is 2.07. The van der Waals surface area contributed by atoms with Crippen LogP contribution in [0.3, 0.4) is 0 Å². The van der Waals surface area contributed by atoms with Crippen molar-refractivity contribution >= 4 is 5.69 Å². The lowest BCUT2D eigenvalue weighted by Gasteiger charge is -2.21. The van der Waals surface area contributed by atoms with Gasteiger partial charge >= 0.3 is 0 Å². The van der Waals surface area contributed by atoms with E-state index in [1.807, 2.05) is 27.0 Å². The van der Waals surface area contributed by atoms with Gasteiger partial charge in [-0.25, -0.2) is 0 Å². The lowest BCUT2D eigenvalue weighted by molar-refractivity contribution is 0.154. The molecule has 0 aliphatic rings. The summed E-state index contributed by atoms with van der Waals surface area (Å²) < 4.78 is 5.31. The molecule has 0 aromatic carbocycles. The third-order valence-corrected chi connectivity index (χ3v) is 2.46. The fourth-order valence-electron chi connectivity index (χ4n) is 1.52. The molecule has 90 valence electrons. The first-order valence-corrected chi connectivity index (χ1v) is 5.54.